The number of ether oxygens (including phenoxy) is 1. The molecule has 0 aliphatic carbocycles. The van der Waals surface area contributed by atoms with Crippen LogP contribution in [0.1, 0.15) is 10.5 Å². The summed E-state index contributed by atoms with van der Waals surface area (Å²) in [6.07, 6.45) is 4.82. The second-order valence-electron chi connectivity index (χ2n) is 5.21. The largest absolute Gasteiger partial charge is 0.490 e. The second-order valence-corrected chi connectivity index (χ2v) is 5.21. The van der Waals surface area contributed by atoms with Crippen molar-refractivity contribution < 1.29 is 9.53 Å². The highest BCUT2D eigenvalue weighted by molar-refractivity contribution is 6.03. The molecule has 8 nitrogen and oxygen atoms in total. The molecular weight excluding hydrogens is 332 g/mol. The summed E-state index contributed by atoms with van der Waals surface area (Å²) in [6.45, 7) is 0.749. The number of carbonyl (C=O) groups is 1. The monoisotopic (exact) mass is 350 g/mol. The second kappa shape index (κ2) is 8.54. The zero-order valence-corrected chi connectivity index (χ0v) is 13.9. The maximum Gasteiger partial charge on any atom is 0.274 e. The molecule has 0 saturated carbocycles. The van der Waals surface area contributed by atoms with Crippen LogP contribution in [0, 0.1) is 0 Å². The molecule has 4 N–H and O–H groups in total. The normalized spacial score (nSPS) is 10.2. The average Bonchev–Trinajstić information content (AvgIpc) is 2.68. The first-order chi connectivity index (χ1) is 12.8. The van der Waals surface area contributed by atoms with Gasteiger partial charge in [-0.3, -0.25) is 9.78 Å². The number of pyridine rings is 1. The van der Waals surface area contributed by atoms with Crippen LogP contribution in [-0.2, 0) is 0 Å². The van der Waals surface area contributed by atoms with Crippen molar-refractivity contribution in [2.75, 3.05) is 23.8 Å². The molecule has 0 saturated heterocycles. The number of hydrogen-bond acceptors (Lipinski definition) is 7. The molecule has 3 aromatic rings. The van der Waals surface area contributed by atoms with E-state index in [1.807, 2.05) is 6.07 Å². The SMILES string of the molecule is NCCOc1ccccc1NC(=O)c1ccnc(Nc2ccncc2)n1. The molecule has 0 unspecified atom stereocenters. The van der Waals surface area contributed by atoms with Crippen LogP contribution in [0.3, 0.4) is 0 Å². The van der Waals surface area contributed by atoms with E-state index < -0.39 is 0 Å². The lowest BCUT2D eigenvalue weighted by molar-refractivity contribution is 0.102. The quantitative estimate of drug-likeness (QED) is 0.598. The number of rotatable bonds is 7. The summed E-state index contributed by atoms with van der Waals surface area (Å²) in [5, 5.41) is 5.82. The van der Waals surface area contributed by atoms with Crippen LogP contribution in [0.4, 0.5) is 17.3 Å². The van der Waals surface area contributed by atoms with Crippen LogP contribution >= 0.6 is 0 Å². The number of nitrogens with two attached hydrogens (primary N) is 1. The smallest absolute Gasteiger partial charge is 0.274 e. The fourth-order valence-corrected chi connectivity index (χ4v) is 2.16. The predicted molar refractivity (Wildman–Crippen MR) is 98.5 cm³/mol. The van der Waals surface area contributed by atoms with Gasteiger partial charge in [-0.2, -0.15) is 0 Å². The summed E-state index contributed by atoms with van der Waals surface area (Å²) in [4.78, 5) is 24.8. The lowest BCUT2D eigenvalue weighted by atomic mass is 10.2. The van der Waals surface area contributed by atoms with Gasteiger partial charge < -0.3 is 21.1 Å². The van der Waals surface area contributed by atoms with Gasteiger partial charge in [0.05, 0.1) is 5.69 Å². The molecule has 0 aliphatic rings. The number of carbonyl (C=O) groups excluding carboxylic acids is 1. The summed E-state index contributed by atoms with van der Waals surface area (Å²) in [7, 11) is 0. The van der Waals surface area contributed by atoms with Gasteiger partial charge in [-0.15, -0.1) is 0 Å². The fourth-order valence-electron chi connectivity index (χ4n) is 2.16. The van der Waals surface area contributed by atoms with E-state index in [0.29, 0.717) is 30.5 Å². The first-order valence-corrected chi connectivity index (χ1v) is 7.99. The Labute approximate surface area is 150 Å². The zero-order valence-electron chi connectivity index (χ0n) is 13.9. The Hall–Kier alpha value is -3.52. The predicted octanol–water partition coefficient (Wildman–Crippen LogP) is 2.21. The minimum Gasteiger partial charge on any atom is -0.490 e. The van der Waals surface area contributed by atoms with Gasteiger partial charge in [0.25, 0.3) is 5.91 Å². The number of amides is 1. The highest BCUT2D eigenvalue weighted by Crippen LogP contribution is 2.24. The van der Waals surface area contributed by atoms with E-state index in [2.05, 4.69) is 25.6 Å². The minimum atomic E-state index is -0.367. The van der Waals surface area contributed by atoms with Gasteiger partial charge in [-0.1, -0.05) is 12.1 Å². The van der Waals surface area contributed by atoms with Gasteiger partial charge in [0.1, 0.15) is 18.1 Å². The van der Waals surface area contributed by atoms with Crippen LogP contribution in [0.15, 0.2) is 61.1 Å². The maximum atomic E-state index is 12.5. The van der Waals surface area contributed by atoms with E-state index in [1.54, 1.807) is 42.7 Å². The third-order valence-corrected chi connectivity index (χ3v) is 3.34. The van der Waals surface area contributed by atoms with E-state index in [-0.39, 0.29) is 11.6 Å². The van der Waals surface area contributed by atoms with Crippen molar-refractivity contribution in [3.05, 3.63) is 66.7 Å². The molecule has 26 heavy (non-hydrogen) atoms. The summed E-state index contributed by atoms with van der Waals surface area (Å²) in [6, 6.07) is 12.2. The van der Waals surface area contributed by atoms with Crippen molar-refractivity contribution in [2.24, 2.45) is 5.73 Å². The molecule has 0 aliphatic heterocycles. The van der Waals surface area contributed by atoms with Gasteiger partial charge >= 0.3 is 0 Å². The van der Waals surface area contributed by atoms with Crippen molar-refractivity contribution in [3.63, 3.8) is 0 Å². The molecule has 1 amide bonds. The van der Waals surface area contributed by atoms with Crippen molar-refractivity contribution in [1.82, 2.24) is 15.0 Å². The van der Waals surface area contributed by atoms with Gasteiger partial charge in [-0.25, -0.2) is 9.97 Å². The number of nitrogens with one attached hydrogen (secondary N) is 2. The highest BCUT2D eigenvalue weighted by Gasteiger charge is 2.12. The number of hydrogen-bond donors (Lipinski definition) is 3. The number of anilines is 3. The van der Waals surface area contributed by atoms with E-state index in [0.717, 1.165) is 5.69 Å². The van der Waals surface area contributed by atoms with Crippen LogP contribution < -0.4 is 21.1 Å². The molecule has 2 heterocycles. The van der Waals surface area contributed by atoms with Crippen LogP contribution in [0.25, 0.3) is 0 Å². The third-order valence-electron chi connectivity index (χ3n) is 3.34. The molecule has 8 heteroatoms. The third kappa shape index (κ3) is 4.52. The molecule has 1 aromatic carbocycles. The summed E-state index contributed by atoms with van der Waals surface area (Å²) in [5.41, 5.74) is 7.01. The van der Waals surface area contributed by atoms with Crippen LogP contribution in [0.2, 0.25) is 0 Å². The first kappa shape index (κ1) is 17.3. The van der Waals surface area contributed by atoms with E-state index in [1.165, 1.54) is 12.3 Å². The molecule has 0 fully saturated rings. The Bertz CT molecular complexity index is 872. The summed E-state index contributed by atoms with van der Waals surface area (Å²) in [5.74, 6) is 0.501. The fraction of sp³-hybridized carbons (Fsp3) is 0.111. The summed E-state index contributed by atoms with van der Waals surface area (Å²) >= 11 is 0. The Balaban J connectivity index is 1.73. The summed E-state index contributed by atoms with van der Waals surface area (Å²) < 4.78 is 5.54. The molecule has 132 valence electrons. The molecular formula is C18H18N6O2. The van der Waals surface area contributed by atoms with Crippen molar-refractivity contribution in [1.29, 1.82) is 0 Å². The molecule has 3 rings (SSSR count). The van der Waals surface area contributed by atoms with Gasteiger partial charge in [-0.05, 0) is 30.3 Å². The molecule has 0 bridgehead atoms. The Morgan fingerprint density at radius 2 is 1.88 bits per heavy atom. The Kier molecular flexibility index (Phi) is 5.69. The molecule has 2 aromatic heterocycles. The minimum absolute atomic E-state index is 0.227. The molecule has 0 atom stereocenters. The van der Waals surface area contributed by atoms with Gasteiger partial charge in [0.15, 0.2) is 0 Å². The van der Waals surface area contributed by atoms with Gasteiger partial charge in [0, 0.05) is 30.8 Å². The standard InChI is InChI=1S/C18H18N6O2/c19-8-12-26-16-4-2-1-3-14(16)23-17(25)15-7-11-21-18(24-15)22-13-5-9-20-10-6-13/h1-7,9-11H,8,12,19H2,(H,23,25)(H,20,21,22,24). The first-order valence-electron chi connectivity index (χ1n) is 7.99. The van der Waals surface area contributed by atoms with Crippen LogP contribution in [0.5, 0.6) is 5.75 Å². The van der Waals surface area contributed by atoms with E-state index >= 15 is 0 Å². The number of benzene rings is 1. The van der Waals surface area contributed by atoms with Crippen LogP contribution in [-0.4, -0.2) is 34.0 Å². The number of para-hydroxylation sites is 2. The van der Waals surface area contributed by atoms with Gasteiger partial charge in [0.2, 0.25) is 5.95 Å². The average molecular weight is 350 g/mol. The molecule has 0 spiro atoms. The highest BCUT2D eigenvalue weighted by atomic mass is 16.5. The Morgan fingerprint density at radius 1 is 1.08 bits per heavy atom. The van der Waals surface area contributed by atoms with Crippen molar-refractivity contribution in [2.45, 2.75) is 0 Å². The Morgan fingerprint density at radius 3 is 2.69 bits per heavy atom. The molecule has 0 radical (unpaired) electrons. The topological polar surface area (TPSA) is 115 Å². The lowest BCUT2D eigenvalue weighted by Gasteiger charge is -2.12. The number of aromatic nitrogens is 3. The number of nitrogens with zero attached hydrogens (tertiary/aromatic N) is 3. The van der Waals surface area contributed by atoms with Crippen molar-refractivity contribution in [3.8, 4) is 5.75 Å². The zero-order chi connectivity index (χ0) is 18.2. The van der Waals surface area contributed by atoms with Crippen molar-refractivity contribution >= 4 is 23.2 Å². The lowest BCUT2D eigenvalue weighted by Crippen LogP contribution is -2.16. The van der Waals surface area contributed by atoms with E-state index in [4.69, 9.17) is 10.5 Å². The maximum absolute atomic E-state index is 12.5. The van der Waals surface area contributed by atoms with E-state index in [9.17, 15) is 4.79 Å².